The van der Waals surface area contributed by atoms with Gasteiger partial charge in [-0.3, -0.25) is 0 Å². The van der Waals surface area contributed by atoms with Gasteiger partial charge in [0.2, 0.25) is 0 Å². The largest absolute Gasteiger partial charge is 0.534 e. The minimum absolute atomic E-state index is 0.0676. The number of unbranched alkanes of at least 4 members (excludes halogenated alkanes) is 1. The first-order chi connectivity index (χ1) is 15.0. The second kappa shape index (κ2) is 9.43. The van der Waals surface area contributed by atoms with E-state index in [1.807, 2.05) is 30.3 Å². The molecule has 0 saturated carbocycles. The Morgan fingerprint density at radius 1 is 1.16 bits per heavy atom. The number of methoxy groups -OCH3 is 1. The molecule has 1 atom stereocenters. The third-order valence-electron chi connectivity index (χ3n) is 5.34. The van der Waals surface area contributed by atoms with Crippen LogP contribution in [0.4, 0.5) is 24.5 Å². The molecule has 0 radical (unpaired) electrons. The van der Waals surface area contributed by atoms with Crippen molar-refractivity contribution < 1.29 is 30.5 Å². The average molecular weight is 490 g/mol. The van der Waals surface area contributed by atoms with Crippen LogP contribution < -0.4 is 13.8 Å². The molecule has 1 aliphatic heterocycles. The van der Waals surface area contributed by atoms with Crippen LogP contribution in [0.2, 0.25) is 0 Å². The molecule has 3 rings (SSSR count). The highest BCUT2D eigenvalue weighted by atomic mass is 32.2. The van der Waals surface area contributed by atoms with E-state index in [1.165, 1.54) is 24.9 Å². The number of hydrogen-bond acceptors (Lipinski definition) is 6. The number of hydrogen-bond donors (Lipinski definition) is 0. The van der Waals surface area contributed by atoms with Gasteiger partial charge in [-0.25, -0.2) is 0 Å². The van der Waals surface area contributed by atoms with E-state index in [1.54, 1.807) is 6.07 Å². The van der Waals surface area contributed by atoms with Crippen molar-refractivity contribution in [3.8, 4) is 11.5 Å². The monoisotopic (exact) mass is 489 g/mol. The van der Waals surface area contributed by atoms with Crippen molar-refractivity contribution in [2.24, 2.45) is 5.41 Å². The van der Waals surface area contributed by atoms with Crippen LogP contribution in [0.3, 0.4) is 0 Å². The van der Waals surface area contributed by atoms with Crippen molar-refractivity contribution in [1.29, 1.82) is 0 Å². The van der Waals surface area contributed by atoms with Gasteiger partial charge < -0.3 is 13.8 Å². The van der Waals surface area contributed by atoms with Gasteiger partial charge in [0.1, 0.15) is 0 Å². The number of anilines is 2. The Bertz CT molecular complexity index is 1050. The zero-order valence-corrected chi connectivity index (χ0v) is 19.7. The van der Waals surface area contributed by atoms with E-state index >= 15 is 0 Å². The zero-order valence-electron chi connectivity index (χ0n) is 18.1. The Kier molecular flexibility index (Phi) is 7.24. The van der Waals surface area contributed by atoms with Crippen LogP contribution in [-0.4, -0.2) is 33.3 Å². The van der Waals surface area contributed by atoms with Crippen LogP contribution in [0.15, 0.2) is 47.4 Å². The molecule has 2 aromatic rings. The summed E-state index contributed by atoms with van der Waals surface area (Å²) in [7, 11) is -4.56. The summed E-state index contributed by atoms with van der Waals surface area (Å²) in [6, 6.07) is 12.5. The van der Waals surface area contributed by atoms with Crippen LogP contribution in [0.5, 0.6) is 11.5 Å². The summed E-state index contributed by atoms with van der Waals surface area (Å²) >= 11 is 1.48. The van der Waals surface area contributed by atoms with E-state index in [0.29, 0.717) is 11.4 Å². The van der Waals surface area contributed by atoms with Gasteiger partial charge in [0, 0.05) is 35.0 Å². The van der Waals surface area contributed by atoms with Gasteiger partial charge in [-0.15, -0.1) is 11.8 Å². The zero-order chi connectivity index (χ0) is 23.6. The van der Waals surface area contributed by atoms with Gasteiger partial charge in [-0.1, -0.05) is 44.9 Å². The summed E-state index contributed by atoms with van der Waals surface area (Å²) in [5.74, 6) is 0.151. The summed E-state index contributed by atoms with van der Waals surface area (Å²) < 4.78 is 71.6. The number of alkyl halides is 3. The van der Waals surface area contributed by atoms with E-state index in [-0.39, 0.29) is 11.2 Å². The van der Waals surface area contributed by atoms with Gasteiger partial charge in [-0.2, -0.15) is 21.6 Å². The van der Waals surface area contributed by atoms with Crippen LogP contribution in [0.25, 0.3) is 0 Å². The molecule has 1 heterocycles. The Hall–Kier alpha value is -2.07. The van der Waals surface area contributed by atoms with Crippen molar-refractivity contribution in [2.75, 3.05) is 24.3 Å². The fourth-order valence-corrected chi connectivity index (χ4v) is 5.31. The van der Waals surface area contributed by atoms with Crippen LogP contribution in [0.1, 0.15) is 33.1 Å². The van der Waals surface area contributed by atoms with Crippen molar-refractivity contribution in [2.45, 2.75) is 43.5 Å². The number of ether oxygens (including phenoxy) is 1. The first kappa shape index (κ1) is 24.6. The number of halogens is 3. The van der Waals surface area contributed by atoms with E-state index < -0.39 is 21.4 Å². The molecule has 0 amide bonds. The lowest BCUT2D eigenvalue weighted by Crippen LogP contribution is -2.33. The Balaban J connectivity index is 2.11. The first-order valence-corrected chi connectivity index (χ1v) is 12.6. The molecule has 0 saturated heterocycles. The van der Waals surface area contributed by atoms with Gasteiger partial charge in [0.05, 0.1) is 12.8 Å². The lowest BCUT2D eigenvalue weighted by Gasteiger charge is -2.34. The highest BCUT2D eigenvalue weighted by Gasteiger charge is 2.49. The van der Waals surface area contributed by atoms with Crippen molar-refractivity contribution in [3.63, 3.8) is 0 Å². The number of rotatable bonds is 7. The number of thioether (sulfide) groups is 1. The normalized spacial score (nSPS) is 19.2. The first-order valence-electron chi connectivity index (χ1n) is 10.2. The Labute approximate surface area is 191 Å². The predicted molar refractivity (Wildman–Crippen MR) is 120 cm³/mol. The highest BCUT2D eigenvalue weighted by molar-refractivity contribution is 7.99. The quantitative estimate of drug-likeness (QED) is 0.333. The van der Waals surface area contributed by atoms with Gasteiger partial charge in [-0.05, 0) is 24.0 Å². The fraction of sp³-hybridized carbons (Fsp3) is 0.455. The molecular formula is C22H26F3NO4S2. The second-order valence-corrected chi connectivity index (χ2v) is 10.6. The third-order valence-corrected chi connectivity index (χ3v) is 7.78. The number of nitrogens with zero attached hydrogens (tertiary/aromatic N) is 1. The van der Waals surface area contributed by atoms with E-state index in [4.69, 9.17) is 4.74 Å². The summed E-state index contributed by atoms with van der Waals surface area (Å²) in [4.78, 5) is 2.73. The molecular weight excluding hydrogens is 463 g/mol. The molecule has 10 heteroatoms. The van der Waals surface area contributed by atoms with Crippen LogP contribution in [0, 0.1) is 5.41 Å². The lowest BCUT2D eigenvalue weighted by atomic mass is 9.86. The Morgan fingerprint density at radius 3 is 2.44 bits per heavy atom. The summed E-state index contributed by atoms with van der Waals surface area (Å²) in [5.41, 5.74) is -3.94. The van der Waals surface area contributed by atoms with Crippen LogP contribution >= 0.6 is 11.8 Å². The van der Waals surface area contributed by atoms with E-state index in [2.05, 4.69) is 22.9 Å². The number of benzene rings is 2. The topological polar surface area (TPSA) is 55.8 Å². The third kappa shape index (κ3) is 5.28. The minimum Gasteiger partial charge on any atom is -0.493 e. The maximum absolute atomic E-state index is 12.9. The van der Waals surface area contributed by atoms with E-state index in [0.717, 1.165) is 36.4 Å². The van der Waals surface area contributed by atoms with Crippen molar-refractivity contribution in [3.05, 3.63) is 42.5 Å². The molecule has 0 spiro atoms. The molecule has 0 bridgehead atoms. The maximum Gasteiger partial charge on any atom is 0.534 e. The molecule has 2 aromatic carbocycles. The van der Waals surface area contributed by atoms with Crippen molar-refractivity contribution >= 4 is 33.3 Å². The van der Waals surface area contributed by atoms with Gasteiger partial charge in [0.25, 0.3) is 0 Å². The SMILES string of the molecule is CCCCC1(C)CSc2cc(OS(=O)(=O)C(F)(F)F)c(OC)cc2N(c2ccccc2)C1. The summed E-state index contributed by atoms with van der Waals surface area (Å²) in [6.45, 7) is 5.02. The molecule has 0 N–H and O–H groups in total. The summed E-state index contributed by atoms with van der Waals surface area (Å²) in [5, 5.41) is 0. The molecule has 5 nitrogen and oxygen atoms in total. The second-order valence-electron chi connectivity index (χ2n) is 8.08. The molecule has 0 aromatic heterocycles. The molecule has 32 heavy (non-hydrogen) atoms. The average Bonchev–Trinajstić information content (AvgIpc) is 2.88. The highest BCUT2D eigenvalue weighted by Crippen LogP contribution is 2.49. The lowest BCUT2D eigenvalue weighted by molar-refractivity contribution is -0.0500. The van der Waals surface area contributed by atoms with Crippen molar-refractivity contribution in [1.82, 2.24) is 0 Å². The Morgan fingerprint density at radius 2 is 1.84 bits per heavy atom. The molecule has 1 aliphatic rings. The van der Waals surface area contributed by atoms with E-state index in [9.17, 15) is 21.6 Å². The standard InChI is InChI=1S/C22H26F3NO4S2/c1-4-5-11-21(2)14-26(16-9-7-6-8-10-16)17-12-18(29-3)19(13-20(17)31-15-21)30-32(27,28)22(23,24)25/h6-10,12-13H,4-5,11,14-15H2,1-3H3. The van der Waals surface area contributed by atoms with Gasteiger partial charge in [0.15, 0.2) is 11.5 Å². The predicted octanol–water partition coefficient (Wildman–Crippen LogP) is 6.36. The molecule has 0 fully saturated rings. The molecule has 1 unspecified atom stereocenters. The van der Waals surface area contributed by atoms with Crippen LogP contribution in [-0.2, 0) is 10.1 Å². The molecule has 176 valence electrons. The number of fused-ring (bicyclic) bond motifs is 1. The minimum atomic E-state index is -5.82. The maximum atomic E-state index is 12.9. The molecule has 0 aliphatic carbocycles. The smallest absolute Gasteiger partial charge is 0.493 e. The summed E-state index contributed by atoms with van der Waals surface area (Å²) in [6.07, 6.45) is 3.09. The number of para-hydroxylation sites is 1. The van der Waals surface area contributed by atoms with Gasteiger partial charge >= 0.3 is 15.6 Å². The fourth-order valence-electron chi connectivity index (χ4n) is 3.60.